The number of hydrogen-bond acceptors (Lipinski definition) is 4. The number of unbranched alkanes of at least 4 members (excludes halogenated alkanes) is 1. The summed E-state index contributed by atoms with van der Waals surface area (Å²) in [4.78, 5) is 27.9. The Kier molecular flexibility index (Phi) is 5.75. The number of aryl methyl sites for hydroxylation is 2. The lowest BCUT2D eigenvalue weighted by Gasteiger charge is -2.13. The van der Waals surface area contributed by atoms with Gasteiger partial charge in [-0.3, -0.25) is 5.32 Å². The molecule has 7 heteroatoms. The average molecular weight is 285 g/mol. The van der Waals surface area contributed by atoms with E-state index >= 15 is 0 Å². The van der Waals surface area contributed by atoms with Crippen LogP contribution in [0.4, 0.5) is 9.93 Å². The molecule has 106 valence electrons. The summed E-state index contributed by atoms with van der Waals surface area (Å²) < 4.78 is 0. The Labute approximate surface area is 116 Å². The van der Waals surface area contributed by atoms with E-state index in [1.807, 2.05) is 20.8 Å². The normalized spacial score (nSPS) is 11.9. The molecule has 0 radical (unpaired) electrons. The van der Waals surface area contributed by atoms with Gasteiger partial charge in [-0.05, 0) is 20.3 Å². The molecule has 1 rings (SSSR count). The van der Waals surface area contributed by atoms with Crippen LogP contribution in [0.2, 0.25) is 0 Å². The fourth-order valence-electron chi connectivity index (χ4n) is 1.48. The molecular weight excluding hydrogens is 266 g/mol. The molecule has 2 amide bonds. The van der Waals surface area contributed by atoms with Gasteiger partial charge in [-0.15, -0.1) is 11.3 Å². The van der Waals surface area contributed by atoms with Crippen molar-refractivity contribution in [3.63, 3.8) is 0 Å². The topological polar surface area (TPSA) is 91.3 Å². The number of anilines is 1. The predicted molar refractivity (Wildman–Crippen MR) is 74.7 cm³/mol. The molecule has 0 aliphatic rings. The van der Waals surface area contributed by atoms with Crippen LogP contribution in [0.25, 0.3) is 0 Å². The van der Waals surface area contributed by atoms with E-state index in [1.165, 1.54) is 11.3 Å². The standard InChI is InChI=1S/C12H19N3O3S/c1-4-5-6-9(10(16)17)14-11(18)15-12-13-7(2)8(3)19-12/h9H,4-6H2,1-3H3,(H,16,17)(H2,13,14,15,18). The van der Waals surface area contributed by atoms with E-state index in [-0.39, 0.29) is 0 Å². The second-order valence-corrected chi connectivity index (χ2v) is 5.50. The number of carbonyl (C=O) groups excluding carboxylic acids is 1. The van der Waals surface area contributed by atoms with Crippen molar-refractivity contribution in [2.45, 2.75) is 46.1 Å². The van der Waals surface area contributed by atoms with Crippen LogP contribution in [0.3, 0.4) is 0 Å². The van der Waals surface area contributed by atoms with E-state index in [9.17, 15) is 9.59 Å². The minimum absolute atomic E-state index is 0.426. The first-order valence-corrected chi connectivity index (χ1v) is 7.00. The van der Waals surface area contributed by atoms with Gasteiger partial charge in [-0.25, -0.2) is 14.6 Å². The molecule has 0 fully saturated rings. The number of carbonyl (C=O) groups is 2. The Hall–Kier alpha value is -1.63. The number of amides is 2. The Balaban J connectivity index is 2.54. The number of hydrogen-bond donors (Lipinski definition) is 3. The first kappa shape index (κ1) is 15.4. The van der Waals surface area contributed by atoms with Crippen molar-refractivity contribution in [2.24, 2.45) is 0 Å². The summed E-state index contributed by atoms with van der Waals surface area (Å²) in [6, 6.07) is -1.39. The lowest BCUT2D eigenvalue weighted by Crippen LogP contribution is -2.42. The Bertz CT molecular complexity index is 440. The van der Waals surface area contributed by atoms with E-state index in [2.05, 4.69) is 15.6 Å². The number of nitrogens with zero attached hydrogens (tertiary/aromatic N) is 1. The molecule has 6 nitrogen and oxygen atoms in total. The summed E-state index contributed by atoms with van der Waals surface area (Å²) in [7, 11) is 0. The summed E-state index contributed by atoms with van der Waals surface area (Å²) in [5.41, 5.74) is 0.862. The van der Waals surface area contributed by atoms with Crippen LogP contribution >= 0.6 is 11.3 Å². The van der Waals surface area contributed by atoms with Gasteiger partial charge < -0.3 is 10.4 Å². The van der Waals surface area contributed by atoms with Gasteiger partial charge >= 0.3 is 12.0 Å². The summed E-state index contributed by atoms with van der Waals surface area (Å²) in [6.45, 7) is 5.74. The van der Waals surface area contributed by atoms with Gasteiger partial charge in [0.2, 0.25) is 0 Å². The van der Waals surface area contributed by atoms with Crippen molar-refractivity contribution in [1.29, 1.82) is 0 Å². The van der Waals surface area contributed by atoms with Crippen molar-refractivity contribution in [2.75, 3.05) is 5.32 Å². The lowest BCUT2D eigenvalue weighted by atomic mass is 10.1. The van der Waals surface area contributed by atoms with Crippen LogP contribution in [0.1, 0.15) is 36.8 Å². The third kappa shape index (κ3) is 4.86. The molecule has 0 saturated carbocycles. The zero-order valence-electron chi connectivity index (χ0n) is 11.3. The summed E-state index contributed by atoms with van der Waals surface area (Å²) in [5.74, 6) is -1.02. The first-order chi connectivity index (χ1) is 8.93. The molecule has 3 N–H and O–H groups in total. The second-order valence-electron chi connectivity index (χ2n) is 4.29. The maximum atomic E-state index is 11.7. The third-order valence-electron chi connectivity index (χ3n) is 2.70. The van der Waals surface area contributed by atoms with E-state index in [4.69, 9.17) is 5.11 Å². The number of rotatable bonds is 6. The number of urea groups is 1. The van der Waals surface area contributed by atoms with E-state index < -0.39 is 18.0 Å². The first-order valence-electron chi connectivity index (χ1n) is 6.18. The lowest BCUT2D eigenvalue weighted by molar-refractivity contribution is -0.139. The maximum absolute atomic E-state index is 11.7. The van der Waals surface area contributed by atoms with Crippen molar-refractivity contribution in [1.82, 2.24) is 10.3 Å². The van der Waals surface area contributed by atoms with Crippen molar-refractivity contribution < 1.29 is 14.7 Å². The van der Waals surface area contributed by atoms with Gasteiger partial charge in [-0.2, -0.15) is 0 Å². The molecule has 1 aromatic rings. The number of nitrogens with one attached hydrogen (secondary N) is 2. The zero-order valence-corrected chi connectivity index (χ0v) is 12.1. The smallest absolute Gasteiger partial charge is 0.326 e. The van der Waals surface area contributed by atoms with Gasteiger partial charge in [0, 0.05) is 4.88 Å². The van der Waals surface area contributed by atoms with Crippen LogP contribution in [-0.2, 0) is 4.79 Å². The second kappa shape index (κ2) is 7.08. The van der Waals surface area contributed by atoms with E-state index in [1.54, 1.807) is 0 Å². The van der Waals surface area contributed by atoms with Gasteiger partial charge in [0.1, 0.15) is 6.04 Å². The molecule has 0 bridgehead atoms. The fourth-order valence-corrected chi connectivity index (χ4v) is 2.29. The SMILES string of the molecule is CCCCC(NC(=O)Nc1nc(C)c(C)s1)C(=O)O. The van der Waals surface area contributed by atoms with Gasteiger partial charge in [0.25, 0.3) is 0 Å². The third-order valence-corrected chi connectivity index (χ3v) is 3.69. The number of thiazole rings is 1. The van der Waals surface area contributed by atoms with Crippen LogP contribution in [0.5, 0.6) is 0 Å². The Morgan fingerprint density at radius 2 is 2.11 bits per heavy atom. The molecule has 0 aromatic carbocycles. The molecule has 0 aliphatic carbocycles. The minimum Gasteiger partial charge on any atom is -0.480 e. The van der Waals surface area contributed by atoms with Crippen molar-refractivity contribution in [3.05, 3.63) is 10.6 Å². The highest BCUT2D eigenvalue weighted by Gasteiger charge is 2.19. The van der Waals surface area contributed by atoms with E-state index in [0.29, 0.717) is 11.6 Å². The highest BCUT2D eigenvalue weighted by atomic mass is 32.1. The summed E-state index contributed by atoms with van der Waals surface area (Å²) in [6.07, 6.45) is 2.07. The molecule has 0 spiro atoms. The Morgan fingerprint density at radius 1 is 1.42 bits per heavy atom. The van der Waals surface area contributed by atoms with Crippen molar-refractivity contribution >= 4 is 28.5 Å². The van der Waals surface area contributed by atoms with Crippen LogP contribution in [0, 0.1) is 13.8 Å². The summed E-state index contributed by atoms with van der Waals surface area (Å²) >= 11 is 1.37. The predicted octanol–water partition coefficient (Wildman–Crippen LogP) is 2.52. The van der Waals surface area contributed by atoms with Crippen molar-refractivity contribution in [3.8, 4) is 0 Å². The monoisotopic (exact) mass is 285 g/mol. The molecule has 19 heavy (non-hydrogen) atoms. The Morgan fingerprint density at radius 3 is 2.58 bits per heavy atom. The zero-order chi connectivity index (χ0) is 14.4. The molecule has 1 heterocycles. The maximum Gasteiger partial charge on any atom is 0.326 e. The van der Waals surface area contributed by atoms with Gasteiger partial charge in [0.15, 0.2) is 5.13 Å². The number of aliphatic carboxylic acids is 1. The molecule has 1 aromatic heterocycles. The molecule has 1 unspecified atom stereocenters. The molecular formula is C12H19N3O3S. The van der Waals surface area contributed by atoms with E-state index in [0.717, 1.165) is 23.4 Å². The minimum atomic E-state index is -1.02. The van der Waals surface area contributed by atoms with Crippen LogP contribution in [0.15, 0.2) is 0 Å². The summed E-state index contributed by atoms with van der Waals surface area (Å²) in [5, 5.41) is 14.5. The van der Waals surface area contributed by atoms with Gasteiger partial charge in [0.05, 0.1) is 5.69 Å². The molecule has 1 atom stereocenters. The van der Waals surface area contributed by atoms with Gasteiger partial charge in [-0.1, -0.05) is 19.8 Å². The fraction of sp³-hybridized carbons (Fsp3) is 0.583. The highest BCUT2D eigenvalue weighted by molar-refractivity contribution is 7.15. The van der Waals surface area contributed by atoms with Crippen LogP contribution in [-0.4, -0.2) is 28.1 Å². The average Bonchev–Trinajstić information content (AvgIpc) is 2.63. The quantitative estimate of drug-likeness (QED) is 0.749. The molecule has 0 saturated heterocycles. The number of carboxylic acids is 1. The highest BCUT2D eigenvalue weighted by Crippen LogP contribution is 2.20. The van der Waals surface area contributed by atoms with Crippen LogP contribution < -0.4 is 10.6 Å². The number of aromatic nitrogens is 1. The molecule has 0 aliphatic heterocycles. The largest absolute Gasteiger partial charge is 0.480 e. The number of carboxylic acid groups (broad SMARTS) is 1.